The van der Waals surface area contributed by atoms with Crippen LogP contribution < -0.4 is 10.6 Å². The maximum atomic E-state index is 13.6. The number of nitrogens with zero attached hydrogens (tertiary/aromatic N) is 1. The summed E-state index contributed by atoms with van der Waals surface area (Å²) in [6, 6.07) is 5.54. The summed E-state index contributed by atoms with van der Waals surface area (Å²) >= 11 is 6.02. The van der Waals surface area contributed by atoms with Gasteiger partial charge in [0.2, 0.25) is 5.91 Å². The fourth-order valence-corrected chi connectivity index (χ4v) is 4.85. The molecule has 1 aliphatic heterocycles. The predicted molar refractivity (Wildman–Crippen MR) is 157 cm³/mol. The number of likely N-dealkylation sites (tertiary alicyclic amines) is 1. The molecule has 1 aromatic carbocycles. The van der Waals surface area contributed by atoms with Crippen molar-refractivity contribution < 1.29 is 49.0 Å². The van der Waals surface area contributed by atoms with Gasteiger partial charge in [-0.3, -0.25) is 4.79 Å². The number of aliphatic hydroxyl groups excluding tert-OH is 2. The van der Waals surface area contributed by atoms with Crippen LogP contribution in [0.2, 0.25) is 5.02 Å². The first-order valence-corrected chi connectivity index (χ1v) is 14.3. The highest BCUT2D eigenvalue weighted by Gasteiger charge is 2.50. The number of hydrogen-bond donors (Lipinski definition) is 6. The molecule has 14 heteroatoms. The van der Waals surface area contributed by atoms with Crippen molar-refractivity contribution in [2.24, 2.45) is 11.3 Å². The smallest absolute Gasteiger partial charge is 0.476 e. The Bertz CT molecular complexity index is 1170. The summed E-state index contributed by atoms with van der Waals surface area (Å²) in [6.07, 6.45) is -1.70. The van der Waals surface area contributed by atoms with Crippen molar-refractivity contribution in [2.45, 2.75) is 78.2 Å². The number of carbonyl (C=O) groups excluding carboxylic acids is 3. The Hall–Kier alpha value is -3.58. The molecule has 1 saturated heterocycles. The highest BCUT2D eigenvalue weighted by atomic mass is 35.5. The molecule has 242 valence electrons. The Morgan fingerprint density at radius 3 is 2.23 bits per heavy atom. The van der Waals surface area contributed by atoms with E-state index in [1.54, 1.807) is 29.2 Å². The maximum Gasteiger partial charge on any atom is 0.508 e. The Kier molecular flexibility index (Phi) is 11.8. The first-order chi connectivity index (χ1) is 19.8. The molecular formula is C29H44ClN3O10. The van der Waals surface area contributed by atoms with Gasteiger partial charge in [-0.15, -0.1) is 0 Å². The number of amides is 3. The van der Waals surface area contributed by atoms with Crippen molar-refractivity contribution in [3.05, 3.63) is 46.7 Å². The Morgan fingerprint density at radius 1 is 1.09 bits per heavy atom. The summed E-state index contributed by atoms with van der Waals surface area (Å²) in [7, 11) is 0. The van der Waals surface area contributed by atoms with Crippen LogP contribution in [0.3, 0.4) is 0 Å². The number of ether oxygens (including phenoxy) is 3. The molecule has 13 nitrogen and oxygen atoms in total. The first kappa shape index (κ1) is 35.6. The van der Waals surface area contributed by atoms with Crippen molar-refractivity contribution in [2.75, 3.05) is 26.2 Å². The molecule has 1 unspecified atom stereocenters. The van der Waals surface area contributed by atoms with E-state index in [1.807, 2.05) is 27.7 Å². The molecule has 3 atom stereocenters. The van der Waals surface area contributed by atoms with E-state index in [1.165, 1.54) is 20.8 Å². The van der Waals surface area contributed by atoms with Crippen LogP contribution in [0.1, 0.15) is 60.5 Å². The lowest BCUT2D eigenvalue weighted by atomic mass is 9.66. The molecule has 43 heavy (non-hydrogen) atoms. The average molecular weight is 630 g/mol. The molecule has 3 amide bonds. The van der Waals surface area contributed by atoms with Crippen LogP contribution in [0.5, 0.6) is 0 Å². The van der Waals surface area contributed by atoms with Crippen LogP contribution in [0, 0.1) is 11.3 Å². The van der Waals surface area contributed by atoms with Crippen LogP contribution in [0.25, 0.3) is 0 Å². The van der Waals surface area contributed by atoms with Gasteiger partial charge in [0.1, 0.15) is 24.4 Å². The number of benzene rings is 1. The lowest BCUT2D eigenvalue weighted by Gasteiger charge is -2.51. The third kappa shape index (κ3) is 9.72. The van der Waals surface area contributed by atoms with Gasteiger partial charge in [0.05, 0.1) is 12.1 Å². The lowest BCUT2D eigenvalue weighted by Crippen LogP contribution is -2.61. The van der Waals surface area contributed by atoms with Crippen LogP contribution in [-0.2, 0) is 24.6 Å². The molecule has 1 aromatic rings. The first-order valence-electron chi connectivity index (χ1n) is 13.9. The quantitative estimate of drug-likeness (QED) is 0.153. The second-order valence-corrected chi connectivity index (χ2v) is 12.7. The van der Waals surface area contributed by atoms with Crippen molar-refractivity contribution in [1.29, 1.82) is 0 Å². The van der Waals surface area contributed by atoms with Gasteiger partial charge in [0, 0.05) is 23.5 Å². The number of urea groups is 1. The minimum absolute atomic E-state index is 0.119. The zero-order valence-electron chi connectivity index (χ0n) is 25.6. The van der Waals surface area contributed by atoms with Gasteiger partial charge < -0.3 is 50.2 Å². The van der Waals surface area contributed by atoms with Crippen LogP contribution in [-0.4, -0.2) is 87.4 Å². The average Bonchev–Trinajstić information content (AvgIpc) is 2.90. The number of halogens is 1. The van der Waals surface area contributed by atoms with E-state index in [0.717, 1.165) is 5.56 Å². The van der Waals surface area contributed by atoms with Gasteiger partial charge in [-0.1, -0.05) is 51.4 Å². The molecule has 1 fully saturated rings. The molecule has 1 aliphatic rings. The summed E-state index contributed by atoms with van der Waals surface area (Å²) < 4.78 is 14.9. The Morgan fingerprint density at radius 2 is 1.70 bits per heavy atom. The van der Waals surface area contributed by atoms with Crippen molar-refractivity contribution in [1.82, 2.24) is 15.5 Å². The van der Waals surface area contributed by atoms with E-state index in [-0.39, 0.29) is 38.1 Å². The van der Waals surface area contributed by atoms with Crippen LogP contribution >= 0.6 is 11.6 Å². The van der Waals surface area contributed by atoms with Gasteiger partial charge in [-0.2, -0.15) is 0 Å². The Balaban J connectivity index is 1.93. The topological polar surface area (TPSA) is 187 Å². The van der Waals surface area contributed by atoms with Gasteiger partial charge in [-0.05, 0) is 50.8 Å². The summed E-state index contributed by atoms with van der Waals surface area (Å²) in [5.41, 5.74) is -2.35. The molecule has 2 rings (SSSR count). The van der Waals surface area contributed by atoms with Crippen molar-refractivity contribution >= 4 is 29.7 Å². The highest BCUT2D eigenvalue weighted by molar-refractivity contribution is 6.30. The Labute approximate surface area is 256 Å². The standard InChI is InChI=1S/C29H44ClN3O10/c1-17(2)21(22(34)33-13-12-29(40,27(4,5)16-33)19-8-10-20(30)11-9-19)32-25(38)31-15-28(6,7)43-26(39)41-14-18(3)42-24(37)23(35)36/h8-11,17-18,21,35-37,40H,12-16H2,1-7H3,(H2,31,32,38)/t18?,21-,29+/m1/s1. The third-order valence-electron chi connectivity index (χ3n) is 7.28. The van der Waals surface area contributed by atoms with E-state index in [0.29, 0.717) is 11.4 Å². The van der Waals surface area contributed by atoms with Gasteiger partial charge >= 0.3 is 24.1 Å². The monoisotopic (exact) mass is 629 g/mol. The van der Waals surface area contributed by atoms with Gasteiger partial charge in [0.15, 0.2) is 0 Å². The number of carbonyl (C=O) groups is 3. The summed E-state index contributed by atoms with van der Waals surface area (Å²) in [5, 5.41) is 44.1. The molecule has 6 N–H and O–H groups in total. The van der Waals surface area contributed by atoms with Crippen LogP contribution in [0.4, 0.5) is 9.59 Å². The molecule has 0 spiro atoms. The molecule has 0 aliphatic carbocycles. The van der Waals surface area contributed by atoms with E-state index in [9.17, 15) is 24.6 Å². The summed E-state index contributed by atoms with van der Waals surface area (Å²) in [6.45, 7) is 12.0. The molecule has 0 aromatic heterocycles. The fourth-order valence-electron chi connectivity index (χ4n) is 4.72. The highest BCUT2D eigenvalue weighted by Crippen LogP contribution is 2.46. The molecule has 0 bridgehead atoms. The number of rotatable bonds is 11. The predicted octanol–water partition coefficient (Wildman–Crippen LogP) is 4.25. The third-order valence-corrected chi connectivity index (χ3v) is 7.53. The second kappa shape index (κ2) is 14.3. The van der Waals surface area contributed by atoms with Gasteiger partial charge in [-0.25, -0.2) is 9.59 Å². The largest absolute Gasteiger partial charge is 0.508 e. The molecule has 1 heterocycles. The summed E-state index contributed by atoms with van der Waals surface area (Å²) in [4.78, 5) is 40.1. The zero-order chi connectivity index (χ0) is 32.8. The van der Waals surface area contributed by atoms with E-state index in [2.05, 4.69) is 10.6 Å². The van der Waals surface area contributed by atoms with Crippen LogP contribution in [0.15, 0.2) is 36.2 Å². The minimum Gasteiger partial charge on any atom is -0.476 e. The number of aliphatic hydroxyl groups is 4. The number of hydrogen-bond acceptors (Lipinski definition) is 10. The molecule has 0 saturated carbocycles. The number of nitrogens with one attached hydrogen (secondary N) is 2. The van der Waals surface area contributed by atoms with E-state index < -0.39 is 52.8 Å². The minimum atomic E-state index is -1.41. The lowest BCUT2D eigenvalue weighted by molar-refractivity contribution is -0.155. The van der Waals surface area contributed by atoms with E-state index >= 15 is 0 Å². The normalized spacial score (nSPS) is 19.5. The SMILES string of the molecule is CC(COC(=O)OC(C)(C)CNC(=O)N[C@@H](C(=O)N1CC[C@](O)(c2ccc(Cl)cc2)C(C)(C)C1)C(C)C)OC(O)=C(O)O. The fraction of sp³-hybridized carbons (Fsp3) is 0.621. The zero-order valence-corrected chi connectivity index (χ0v) is 26.4. The number of piperidine rings is 1. The van der Waals surface area contributed by atoms with Crippen molar-refractivity contribution in [3.8, 4) is 0 Å². The molecule has 0 radical (unpaired) electrons. The van der Waals surface area contributed by atoms with Gasteiger partial charge in [0.25, 0.3) is 0 Å². The maximum absolute atomic E-state index is 13.6. The second-order valence-electron chi connectivity index (χ2n) is 12.3. The van der Waals surface area contributed by atoms with E-state index in [4.69, 9.17) is 36.0 Å². The summed E-state index contributed by atoms with van der Waals surface area (Å²) in [5.74, 6) is -3.06. The van der Waals surface area contributed by atoms with Crippen molar-refractivity contribution in [3.63, 3.8) is 0 Å². The molecular weight excluding hydrogens is 586 g/mol.